The predicted octanol–water partition coefficient (Wildman–Crippen LogP) is 0.440. The molecular weight excluding hydrogens is 158 g/mol. The Morgan fingerprint density at radius 2 is 1.92 bits per heavy atom. The Morgan fingerprint density at radius 3 is 2.42 bits per heavy atom. The maximum Gasteiger partial charge on any atom is 0.247 e. The zero-order valence-electron chi connectivity index (χ0n) is 6.32. The molecule has 0 aromatic heterocycles. The van der Waals surface area contributed by atoms with Gasteiger partial charge in [0.15, 0.2) is 0 Å². The molecule has 0 aliphatic heterocycles. The molecular formula is C8H9NO3. The largest absolute Gasteiger partial charge is 0.508 e. The lowest BCUT2D eigenvalue weighted by Gasteiger charge is -1.98. The van der Waals surface area contributed by atoms with Crippen LogP contribution in [0.2, 0.25) is 0 Å². The molecule has 0 fully saturated rings. The number of phenolic OH excluding ortho intramolecular Hbond substituents is 1. The molecule has 1 aromatic carbocycles. The van der Waals surface area contributed by atoms with E-state index in [2.05, 4.69) is 0 Å². The lowest BCUT2D eigenvalue weighted by molar-refractivity contribution is -0.128. The van der Waals surface area contributed by atoms with Crippen molar-refractivity contribution < 1.29 is 15.1 Å². The third-order valence-electron chi connectivity index (χ3n) is 1.43. The highest BCUT2D eigenvalue weighted by Gasteiger charge is 2.00. The van der Waals surface area contributed by atoms with E-state index in [4.69, 9.17) is 10.3 Å². The molecule has 0 heterocycles. The molecule has 1 rings (SSSR count). The van der Waals surface area contributed by atoms with Crippen LogP contribution in [-0.2, 0) is 11.2 Å². The summed E-state index contributed by atoms with van der Waals surface area (Å²) >= 11 is 0. The Morgan fingerprint density at radius 1 is 1.33 bits per heavy atom. The number of benzene rings is 1. The van der Waals surface area contributed by atoms with Crippen molar-refractivity contribution in [3.8, 4) is 5.75 Å². The minimum Gasteiger partial charge on any atom is -0.508 e. The number of phenols is 1. The van der Waals surface area contributed by atoms with Gasteiger partial charge in [0.1, 0.15) is 5.75 Å². The number of hydrogen-bond donors (Lipinski definition) is 3. The summed E-state index contributed by atoms with van der Waals surface area (Å²) in [5.41, 5.74) is 2.26. The van der Waals surface area contributed by atoms with Gasteiger partial charge in [-0.15, -0.1) is 0 Å². The highest BCUT2D eigenvalue weighted by molar-refractivity contribution is 5.77. The lowest BCUT2D eigenvalue weighted by Crippen LogP contribution is -2.20. The molecule has 0 unspecified atom stereocenters. The van der Waals surface area contributed by atoms with Gasteiger partial charge in [0.2, 0.25) is 5.91 Å². The third-order valence-corrected chi connectivity index (χ3v) is 1.43. The average Bonchev–Trinajstić information content (AvgIpc) is 2.09. The van der Waals surface area contributed by atoms with Crippen LogP contribution >= 0.6 is 0 Å². The minimum atomic E-state index is -0.472. The quantitative estimate of drug-likeness (QED) is 0.442. The van der Waals surface area contributed by atoms with Gasteiger partial charge in [-0.25, -0.2) is 5.48 Å². The van der Waals surface area contributed by atoms with Crippen LogP contribution in [0.5, 0.6) is 5.75 Å². The Hall–Kier alpha value is -1.55. The second kappa shape index (κ2) is 3.73. The fourth-order valence-electron chi connectivity index (χ4n) is 0.839. The third kappa shape index (κ3) is 2.25. The fourth-order valence-corrected chi connectivity index (χ4v) is 0.839. The highest BCUT2D eigenvalue weighted by atomic mass is 16.5. The Labute approximate surface area is 69.4 Å². The second-order valence-electron chi connectivity index (χ2n) is 2.38. The molecule has 0 radical (unpaired) electrons. The maximum atomic E-state index is 10.6. The standard InChI is InChI=1S/C8H9NO3/c10-7-3-1-6(2-4-7)5-8(11)9-12/h1-4,10,12H,5H2,(H,9,11). The first-order valence-corrected chi connectivity index (χ1v) is 3.43. The number of nitrogens with one attached hydrogen (secondary N) is 1. The normalized spacial score (nSPS) is 9.42. The van der Waals surface area contributed by atoms with E-state index in [0.29, 0.717) is 0 Å². The number of carbonyl (C=O) groups excluding carboxylic acids is 1. The molecule has 12 heavy (non-hydrogen) atoms. The Kier molecular flexibility index (Phi) is 2.66. The van der Waals surface area contributed by atoms with Crippen molar-refractivity contribution in [2.24, 2.45) is 0 Å². The summed E-state index contributed by atoms with van der Waals surface area (Å²) in [4.78, 5) is 10.6. The van der Waals surface area contributed by atoms with Crippen LogP contribution in [0.15, 0.2) is 24.3 Å². The van der Waals surface area contributed by atoms with Crippen LogP contribution in [0.3, 0.4) is 0 Å². The molecule has 1 amide bonds. The highest BCUT2D eigenvalue weighted by Crippen LogP contribution is 2.09. The van der Waals surface area contributed by atoms with Gasteiger partial charge in [0.25, 0.3) is 0 Å². The van der Waals surface area contributed by atoms with E-state index in [9.17, 15) is 4.79 Å². The van der Waals surface area contributed by atoms with Gasteiger partial charge in [-0.1, -0.05) is 12.1 Å². The van der Waals surface area contributed by atoms with Gasteiger partial charge >= 0.3 is 0 Å². The SMILES string of the molecule is O=C(Cc1ccc(O)cc1)NO. The molecule has 0 aliphatic rings. The number of aromatic hydroxyl groups is 1. The van der Waals surface area contributed by atoms with Crippen molar-refractivity contribution in [2.75, 3.05) is 0 Å². The van der Waals surface area contributed by atoms with Gasteiger partial charge in [-0.3, -0.25) is 10.0 Å². The number of hydroxylamine groups is 1. The smallest absolute Gasteiger partial charge is 0.247 e. The molecule has 0 atom stereocenters. The van der Waals surface area contributed by atoms with Crippen LogP contribution in [0.1, 0.15) is 5.56 Å². The van der Waals surface area contributed by atoms with E-state index in [1.165, 1.54) is 17.6 Å². The monoisotopic (exact) mass is 167 g/mol. The summed E-state index contributed by atoms with van der Waals surface area (Å²) in [6.07, 6.45) is 0.108. The van der Waals surface area contributed by atoms with Crippen LogP contribution in [0, 0.1) is 0 Å². The summed E-state index contributed by atoms with van der Waals surface area (Å²) in [6.45, 7) is 0. The van der Waals surface area contributed by atoms with Crippen molar-refractivity contribution in [1.29, 1.82) is 0 Å². The molecule has 0 saturated heterocycles. The summed E-state index contributed by atoms with van der Waals surface area (Å²) in [6, 6.07) is 6.20. The average molecular weight is 167 g/mol. The Balaban J connectivity index is 2.64. The summed E-state index contributed by atoms with van der Waals surface area (Å²) in [5, 5.41) is 17.1. The molecule has 1 aromatic rings. The van der Waals surface area contributed by atoms with Crippen molar-refractivity contribution >= 4 is 5.91 Å². The zero-order valence-corrected chi connectivity index (χ0v) is 6.32. The topological polar surface area (TPSA) is 69.6 Å². The fraction of sp³-hybridized carbons (Fsp3) is 0.125. The lowest BCUT2D eigenvalue weighted by atomic mass is 10.1. The first-order valence-electron chi connectivity index (χ1n) is 3.43. The molecule has 4 heteroatoms. The van der Waals surface area contributed by atoms with Gasteiger partial charge in [0.05, 0.1) is 6.42 Å². The molecule has 0 saturated carbocycles. The zero-order chi connectivity index (χ0) is 8.97. The molecule has 3 N–H and O–H groups in total. The minimum absolute atomic E-state index is 0.108. The molecule has 0 aliphatic carbocycles. The number of hydrogen-bond acceptors (Lipinski definition) is 3. The molecule has 4 nitrogen and oxygen atoms in total. The van der Waals surface area contributed by atoms with E-state index in [0.717, 1.165) is 5.56 Å². The first-order chi connectivity index (χ1) is 5.72. The molecule has 64 valence electrons. The van der Waals surface area contributed by atoms with Gasteiger partial charge in [-0.2, -0.15) is 0 Å². The van der Waals surface area contributed by atoms with E-state index < -0.39 is 5.91 Å². The Bertz CT molecular complexity index is 268. The van der Waals surface area contributed by atoms with Crippen LogP contribution < -0.4 is 5.48 Å². The van der Waals surface area contributed by atoms with E-state index in [1.807, 2.05) is 0 Å². The van der Waals surface area contributed by atoms with E-state index >= 15 is 0 Å². The van der Waals surface area contributed by atoms with E-state index in [1.54, 1.807) is 12.1 Å². The van der Waals surface area contributed by atoms with Gasteiger partial charge < -0.3 is 5.11 Å². The van der Waals surface area contributed by atoms with Gasteiger partial charge in [-0.05, 0) is 17.7 Å². The van der Waals surface area contributed by atoms with Gasteiger partial charge in [0, 0.05) is 0 Å². The van der Waals surface area contributed by atoms with E-state index in [-0.39, 0.29) is 12.2 Å². The van der Waals surface area contributed by atoms with Crippen molar-refractivity contribution in [1.82, 2.24) is 5.48 Å². The summed E-state index contributed by atoms with van der Waals surface area (Å²) in [7, 11) is 0. The number of amides is 1. The van der Waals surface area contributed by atoms with Crippen molar-refractivity contribution in [2.45, 2.75) is 6.42 Å². The van der Waals surface area contributed by atoms with Crippen LogP contribution in [0.25, 0.3) is 0 Å². The predicted molar refractivity (Wildman–Crippen MR) is 41.7 cm³/mol. The van der Waals surface area contributed by atoms with Crippen LogP contribution in [0.4, 0.5) is 0 Å². The molecule has 0 spiro atoms. The number of rotatable bonds is 2. The summed E-state index contributed by atoms with van der Waals surface area (Å²) < 4.78 is 0. The van der Waals surface area contributed by atoms with Crippen molar-refractivity contribution in [3.63, 3.8) is 0 Å². The molecule has 0 bridgehead atoms. The number of carbonyl (C=O) groups is 1. The maximum absolute atomic E-state index is 10.6. The van der Waals surface area contributed by atoms with Crippen LogP contribution in [-0.4, -0.2) is 16.2 Å². The second-order valence-corrected chi connectivity index (χ2v) is 2.38. The van der Waals surface area contributed by atoms with Crippen molar-refractivity contribution in [3.05, 3.63) is 29.8 Å². The first kappa shape index (κ1) is 8.55. The summed E-state index contributed by atoms with van der Waals surface area (Å²) in [5.74, 6) is -0.316.